The number of benzene rings is 3. The van der Waals surface area contributed by atoms with Gasteiger partial charge in [0.25, 0.3) is 0 Å². The van der Waals surface area contributed by atoms with Gasteiger partial charge in [0.15, 0.2) is 0 Å². The van der Waals surface area contributed by atoms with E-state index < -0.39 is 24.4 Å². The molecule has 0 aliphatic heterocycles. The maximum Gasteiger partial charge on any atom is 0.424 e. The highest BCUT2D eigenvalue weighted by atomic mass is 19.4. The molecule has 1 heterocycles. The Bertz CT molecular complexity index is 1270. The van der Waals surface area contributed by atoms with Crippen molar-refractivity contribution in [3.63, 3.8) is 0 Å². The predicted molar refractivity (Wildman–Crippen MR) is 114 cm³/mol. The molecule has 33 heavy (non-hydrogen) atoms. The molecule has 0 bridgehead atoms. The molecule has 1 unspecified atom stereocenters. The number of para-hydroxylation sites is 1. The Hall–Kier alpha value is -3.85. The second-order valence-corrected chi connectivity index (χ2v) is 7.33. The van der Waals surface area contributed by atoms with Gasteiger partial charge in [-0.2, -0.15) is 18.3 Å². The van der Waals surface area contributed by atoms with E-state index in [-0.39, 0.29) is 16.9 Å². The lowest BCUT2D eigenvalue weighted by Crippen LogP contribution is -2.47. The van der Waals surface area contributed by atoms with Crippen LogP contribution >= 0.6 is 0 Å². The van der Waals surface area contributed by atoms with E-state index in [0.717, 1.165) is 5.69 Å². The van der Waals surface area contributed by atoms with Crippen molar-refractivity contribution in [2.24, 2.45) is 0 Å². The molecule has 0 saturated carbocycles. The second kappa shape index (κ2) is 8.59. The van der Waals surface area contributed by atoms with Crippen molar-refractivity contribution in [3.05, 3.63) is 90.1 Å². The number of hydrogen-bond acceptors (Lipinski definition) is 5. The van der Waals surface area contributed by atoms with Gasteiger partial charge in [0.2, 0.25) is 5.60 Å². The van der Waals surface area contributed by atoms with Crippen LogP contribution < -0.4 is 4.74 Å². The fraction of sp³-hybridized carbons (Fsp3) is 0.167. The molecular formula is C24H19F3N2O4. The number of esters is 1. The average molecular weight is 456 g/mol. The third-order valence-corrected chi connectivity index (χ3v) is 5.24. The van der Waals surface area contributed by atoms with Crippen LogP contribution in [0, 0.1) is 0 Å². The van der Waals surface area contributed by atoms with E-state index in [4.69, 9.17) is 4.74 Å². The van der Waals surface area contributed by atoms with E-state index in [1.807, 2.05) is 30.3 Å². The van der Waals surface area contributed by atoms with Gasteiger partial charge in [-0.05, 0) is 54.1 Å². The summed E-state index contributed by atoms with van der Waals surface area (Å²) in [6.07, 6.45) is -3.57. The highest BCUT2D eigenvalue weighted by Gasteiger charge is 2.56. The van der Waals surface area contributed by atoms with Gasteiger partial charge in [-0.1, -0.05) is 24.3 Å². The van der Waals surface area contributed by atoms with Crippen LogP contribution in [-0.4, -0.2) is 40.7 Å². The molecule has 0 aliphatic rings. The quantitative estimate of drug-likeness (QED) is 0.428. The molecule has 3 aromatic carbocycles. The standard InChI is InChI=1S/C24H19F3N2O4/c1-32-22(30)16-7-10-20(11-8-16)33-15-23(31,24(25,26)27)18-9-12-21-17(13-18)14-28-29(21)19-5-3-2-4-6-19/h2-14,31H,15H2,1H3. The first-order valence-corrected chi connectivity index (χ1v) is 9.87. The molecule has 0 aliphatic carbocycles. The van der Waals surface area contributed by atoms with Gasteiger partial charge in [0, 0.05) is 5.39 Å². The van der Waals surface area contributed by atoms with Crippen LogP contribution in [-0.2, 0) is 10.3 Å². The molecule has 0 spiro atoms. The number of hydrogen-bond donors (Lipinski definition) is 1. The Morgan fingerprint density at radius 3 is 2.36 bits per heavy atom. The molecule has 1 atom stereocenters. The van der Waals surface area contributed by atoms with E-state index in [2.05, 4.69) is 9.84 Å². The molecule has 6 nitrogen and oxygen atoms in total. The van der Waals surface area contributed by atoms with Crippen molar-refractivity contribution in [2.45, 2.75) is 11.8 Å². The summed E-state index contributed by atoms with van der Waals surface area (Å²) in [6, 6.07) is 18.5. The van der Waals surface area contributed by atoms with Crippen LogP contribution in [0.25, 0.3) is 16.6 Å². The van der Waals surface area contributed by atoms with Gasteiger partial charge in [-0.25, -0.2) is 9.48 Å². The van der Waals surface area contributed by atoms with Gasteiger partial charge in [0.1, 0.15) is 12.4 Å². The van der Waals surface area contributed by atoms with E-state index in [1.54, 1.807) is 4.68 Å². The first kappa shape index (κ1) is 22.3. The van der Waals surface area contributed by atoms with E-state index >= 15 is 0 Å². The van der Waals surface area contributed by atoms with Crippen LogP contribution in [0.5, 0.6) is 5.75 Å². The summed E-state index contributed by atoms with van der Waals surface area (Å²) in [4.78, 5) is 11.5. The van der Waals surface area contributed by atoms with Crippen LogP contribution in [0.1, 0.15) is 15.9 Å². The van der Waals surface area contributed by atoms with Gasteiger partial charge in [0.05, 0.1) is 30.1 Å². The minimum Gasteiger partial charge on any atom is -0.490 e. The smallest absolute Gasteiger partial charge is 0.424 e. The lowest BCUT2D eigenvalue weighted by atomic mass is 9.93. The van der Waals surface area contributed by atoms with E-state index in [1.165, 1.54) is 55.8 Å². The first-order chi connectivity index (χ1) is 15.7. The summed E-state index contributed by atoms with van der Waals surface area (Å²) >= 11 is 0. The summed E-state index contributed by atoms with van der Waals surface area (Å²) in [7, 11) is 1.22. The summed E-state index contributed by atoms with van der Waals surface area (Å²) in [6.45, 7) is -1.08. The zero-order valence-electron chi connectivity index (χ0n) is 17.4. The van der Waals surface area contributed by atoms with Crippen molar-refractivity contribution in [2.75, 3.05) is 13.7 Å². The molecular weight excluding hydrogens is 437 g/mol. The molecule has 170 valence electrons. The summed E-state index contributed by atoms with van der Waals surface area (Å²) in [5.41, 5.74) is -2.08. The van der Waals surface area contributed by atoms with Gasteiger partial charge in [-0.15, -0.1) is 0 Å². The fourth-order valence-corrected chi connectivity index (χ4v) is 3.39. The summed E-state index contributed by atoms with van der Waals surface area (Å²) < 4.78 is 53.3. The molecule has 4 aromatic rings. The van der Waals surface area contributed by atoms with Crippen molar-refractivity contribution in [3.8, 4) is 11.4 Å². The minimum absolute atomic E-state index is 0.0586. The zero-order valence-corrected chi connectivity index (χ0v) is 17.4. The number of aromatic nitrogens is 2. The topological polar surface area (TPSA) is 73.6 Å². The van der Waals surface area contributed by atoms with Gasteiger partial charge < -0.3 is 14.6 Å². The monoisotopic (exact) mass is 456 g/mol. The van der Waals surface area contributed by atoms with Crippen LogP contribution in [0.4, 0.5) is 13.2 Å². The predicted octanol–water partition coefficient (Wildman–Crippen LogP) is 4.64. The first-order valence-electron chi connectivity index (χ1n) is 9.87. The number of carbonyl (C=O) groups excluding carboxylic acids is 1. The Labute approximate surface area is 186 Å². The lowest BCUT2D eigenvalue weighted by molar-refractivity contribution is -0.275. The number of carbonyl (C=O) groups is 1. The summed E-state index contributed by atoms with van der Waals surface area (Å²) in [5.74, 6) is -0.527. The van der Waals surface area contributed by atoms with Gasteiger partial charge in [-0.3, -0.25) is 0 Å². The largest absolute Gasteiger partial charge is 0.490 e. The average Bonchev–Trinajstić information content (AvgIpc) is 3.25. The number of ether oxygens (including phenoxy) is 2. The maximum absolute atomic E-state index is 14.0. The highest BCUT2D eigenvalue weighted by Crippen LogP contribution is 2.40. The second-order valence-electron chi connectivity index (χ2n) is 7.33. The van der Waals surface area contributed by atoms with Crippen molar-refractivity contribution in [1.82, 2.24) is 9.78 Å². The molecule has 1 aromatic heterocycles. The summed E-state index contributed by atoms with van der Waals surface area (Å²) in [5, 5.41) is 15.4. The third-order valence-electron chi connectivity index (χ3n) is 5.24. The minimum atomic E-state index is -5.01. The molecule has 9 heteroatoms. The number of alkyl halides is 3. The van der Waals surface area contributed by atoms with Crippen molar-refractivity contribution >= 4 is 16.9 Å². The SMILES string of the molecule is COC(=O)c1ccc(OCC(O)(c2ccc3c(cnn3-c3ccccc3)c2)C(F)(F)F)cc1. The number of rotatable bonds is 6. The van der Waals surface area contributed by atoms with E-state index in [9.17, 15) is 23.1 Å². The molecule has 1 N–H and O–H groups in total. The highest BCUT2D eigenvalue weighted by molar-refractivity contribution is 5.89. The Morgan fingerprint density at radius 2 is 1.73 bits per heavy atom. The Balaban J connectivity index is 1.63. The molecule has 0 saturated heterocycles. The molecule has 4 rings (SSSR count). The fourth-order valence-electron chi connectivity index (χ4n) is 3.39. The Morgan fingerprint density at radius 1 is 1.03 bits per heavy atom. The van der Waals surface area contributed by atoms with Crippen LogP contribution in [0.3, 0.4) is 0 Å². The van der Waals surface area contributed by atoms with E-state index in [0.29, 0.717) is 10.9 Å². The Kier molecular flexibility index (Phi) is 5.82. The number of fused-ring (bicyclic) bond motifs is 1. The zero-order chi connectivity index (χ0) is 23.6. The number of aliphatic hydroxyl groups is 1. The van der Waals surface area contributed by atoms with Crippen molar-refractivity contribution in [1.29, 1.82) is 0 Å². The van der Waals surface area contributed by atoms with Crippen LogP contribution in [0.2, 0.25) is 0 Å². The van der Waals surface area contributed by atoms with Crippen molar-refractivity contribution < 1.29 is 32.5 Å². The molecule has 0 amide bonds. The number of methoxy groups -OCH3 is 1. The molecule has 0 fully saturated rings. The molecule has 0 radical (unpaired) electrons. The number of nitrogens with zero attached hydrogens (tertiary/aromatic N) is 2. The lowest BCUT2D eigenvalue weighted by Gasteiger charge is -2.30. The normalized spacial score (nSPS) is 13.5. The third kappa shape index (κ3) is 4.27. The maximum atomic E-state index is 14.0. The van der Waals surface area contributed by atoms with Crippen LogP contribution in [0.15, 0.2) is 79.0 Å². The van der Waals surface area contributed by atoms with Gasteiger partial charge >= 0.3 is 12.1 Å². The number of halogens is 3.